The van der Waals surface area contributed by atoms with Gasteiger partial charge in [-0.1, -0.05) is 11.6 Å². The minimum atomic E-state index is -4.57. The summed E-state index contributed by atoms with van der Waals surface area (Å²) in [4.78, 5) is 21.5. The summed E-state index contributed by atoms with van der Waals surface area (Å²) in [7, 11) is 0. The highest BCUT2D eigenvalue weighted by atomic mass is 35.5. The zero-order chi connectivity index (χ0) is 14.2. The van der Waals surface area contributed by atoms with Gasteiger partial charge in [-0.05, 0) is 12.1 Å². The molecule has 0 aromatic heterocycles. The summed E-state index contributed by atoms with van der Waals surface area (Å²) in [6.45, 7) is 0. The number of hydrogen-bond donors (Lipinski definition) is 2. The molecule has 0 saturated heterocycles. The second kappa shape index (κ2) is 4.58. The number of aldehydes is 1. The van der Waals surface area contributed by atoms with Crippen molar-refractivity contribution in [3.63, 3.8) is 0 Å². The summed E-state index contributed by atoms with van der Waals surface area (Å²) >= 11 is 5.55. The van der Waals surface area contributed by atoms with Gasteiger partial charge in [-0.25, -0.2) is 0 Å². The molecule has 19 heavy (non-hydrogen) atoms. The van der Waals surface area contributed by atoms with Gasteiger partial charge in [0.25, 0.3) is 0 Å². The predicted octanol–water partition coefficient (Wildman–Crippen LogP) is 2.81. The van der Waals surface area contributed by atoms with Gasteiger partial charge in [-0.2, -0.15) is 13.2 Å². The monoisotopic (exact) mass is 290 g/mol. The number of rotatable bonds is 2. The van der Waals surface area contributed by atoms with Crippen LogP contribution in [0, 0.1) is 0 Å². The number of alkyl halides is 3. The Hall–Kier alpha value is -2.02. The molecule has 0 saturated carbocycles. The zero-order valence-corrected chi connectivity index (χ0v) is 9.89. The SMILES string of the molecule is O=CC(=O)C1=CNc2cc(C(F)(F)F)c(Cl)cc2N1. The van der Waals surface area contributed by atoms with Crippen LogP contribution < -0.4 is 10.6 Å². The molecule has 2 N–H and O–H groups in total. The quantitative estimate of drug-likeness (QED) is 0.649. The first-order chi connectivity index (χ1) is 8.82. The second-order valence-electron chi connectivity index (χ2n) is 3.68. The Bertz CT molecular complexity index is 596. The third-order valence-corrected chi connectivity index (χ3v) is 2.74. The van der Waals surface area contributed by atoms with Gasteiger partial charge in [-0.15, -0.1) is 0 Å². The fourth-order valence-corrected chi connectivity index (χ4v) is 1.81. The van der Waals surface area contributed by atoms with Gasteiger partial charge in [0.2, 0.25) is 5.78 Å². The number of halogens is 4. The Labute approximate surface area is 110 Å². The van der Waals surface area contributed by atoms with Crippen molar-refractivity contribution in [3.05, 3.63) is 34.6 Å². The molecule has 0 aliphatic carbocycles. The first kappa shape index (κ1) is 13.4. The van der Waals surface area contributed by atoms with E-state index >= 15 is 0 Å². The van der Waals surface area contributed by atoms with E-state index in [0.29, 0.717) is 0 Å². The van der Waals surface area contributed by atoms with Crippen LogP contribution in [0.3, 0.4) is 0 Å². The van der Waals surface area contributed by atoms with Crippen molar-refractivity contribution in [3.8, 4) is 0 Å². The number of hydrogen-bond acceptors (Lipinski definition) is 4. The van der Waals surface area contributed by atoms with E-state index in [1.807, 2.05) is 0 Å². The van der Waals surface area contributed by atoms with Gasteiger partial charge in [0.15, 0.2) is 6.29 Å². The lowest BCUT2D eigenvalue weighted by Crippen LogP contribution is -2.19. The molecule has 100 valence electrons. The van der Waals surface area contributed by atoms with E-state index in [2.05, 4.69) is 10.6 Å². The van der Waals surface area contributed by atoms with Gasteiger partial charge in [-0.3, -0.25) is 9.59 Å². The Morgan fingerprint density at radius 1 is 1.26 bits per heavy atom. The molecule has 0 atom stereocenters. The first-order valence-electron chi connectivity index (χ1n) is 4.97. The van der Waals surface area contributed by atoms with E-state index in [-0.39, 0.29) is 23.4 Å². The minimum absolute atomic E-state index is 0.0710. The Morgan fingerprint density at radius 3 is 2.53 bits per heavy atom. The van der Waals surface area contributed by atoms with E-state index < -0.39 is 22.5 Å². The highest BCUT2D eigenvalue weighted by Gasteiger charge is 2.34. The molecule has 4 nitrogen and oxygen atoms in total. The maximum atomic E-state index is 12.6. The molecule has 0 amide bonds. The van der Waals surface area contributed by atoms with Crippen molar-refractivity contribution in [2.75, 3.05) is 10.6 Å². The summed E-state index contributed by atoms with van der Waals surface area (Å²) in [5.41, 5.74) is -0.760. The van der Waals surface area contributed by atoms with Crippen molar-refractivity contribution in [1.29, 1.82) is 0 Å². The maximum Gasteiger partial charge on any atom is 0.417 e. The van der Waals surface area contributed by atoms with Crippen LogP contribution in [-0.2, 0) is 15.8 Å². The van der Waals surface area contributed by atoms with Crippen LogP contribution in [0.4, 0.5) is 24.5 Å². The average Bonchev–Trinajstić information content (AvgIpc) is 2.35. The third-order valence-electron chi connectivity index (χ3n) is 2.43. The van der Waals surface area contributed by atoms with Crippen molar-refractivity contribution in [2.24, 2.45) is 0 Å². The first-order valence-corrected chi connectivity index (χ1v) is 5.34. The Balaban J connectivity index is 2.41. The van der Waals surface area contributed by atoms with E-state index in [1.54, 1.807) is 0 Å². The number of anilines is 2. The fraction of sp³-hybridized carbons (Fsp3) is 0.0909. The van der Waals surface area contributed by atoms with Gasteiger partial charge in [0.1, 0.15) is 5.70 Å². The average molecular weight is 291 g/mol. The molecule has 0 fully saturated rings. The number of carbonyl (C=O) groups excluding carboxylic acids is 2. The number of carbonyl (C=O) groups is 2. The van der Waals surface area contributed by atoms with Crippen molar-refractivity contribution < 1.29 is 22.8 Å². The largest absolute Gasteiger partial charge is 0.417 e. The summed E-state index contributed by atoms with van der Waals surface area (Å²) in [6, 6.07) is 1.86. The summed E-state index contributed by atoms with van der Waals surface area (Å²) < 4.78 is 37.9. The lowest BCUT2D eigenvalue weighted by molar-refractivity contribution is -0.137. The molecule has 1 aliphatic heterocycles. The van der Waals surface area contributed by atoms with Gasteiger partial charge in [0.05, 0.1) is 22.0 Å². The smallest absolute Gasteiger partial charge is 0.358 e. The molecule has 0 radical (unpaired) electrons. The molecule has 1 heterocycles. The summed E-state index contributed by atoms with van der Waals surface area (Å²) in [5, 5.41) is 4.54. The number of allylic oxidation sites excluding steroid dienone is 1. The molecule has 0 unspecified atom stereocenters. The fourth-order valence-electron chi connectivity index (χ4n) is 1.54. The Kier molecular flexibility index (Phi) is 3.23. The van der Waals surface area contributed by atoms with Crippen LogP contribution in [0.25, 0.3) is 0 Å². The van der Waals surface area contributed by atoms with Gasteiger partial charge < -0.3 is 10.6 Å². The predicted molar refractivity (Wildman–Crippen MR) is 62.9 cm³/mol. The number of Topliss-reactive ketones (excluding diaryl/α,β-unsaturated/α-hetero) is 1. The number of ketones is 1. The number of nitrogens with one attached hydrogen (secondary N) is 2. The number of fused-ring (bicyclic) bond motifs is 1. The number of benzene rings is 1. The lowest BCUT2D eigenvalue weighted by Gasteiger charge is -2.21. The molecule has 1 aliphatic rings. The molecule has 2 rings (SSSR count). The van der Waals surface area contributed by atoms with Crippen LogP contribution in [0.5, 0.6) is 0 Å². The van der Waals surface area contributed by atoms with Crippen molar-refractivity contribution in [2.45, 2.75) is 6.18 Å². The lowest BCUT2D eigenvalue weighted by atomic mass is 10.1. The van der Waals surface area contributed by atoms with E-state index in [0.717, 1.165) is 18.3 Å². The van der Waals surface area contributed by atoms with Gasteiger partial charge in [0, 0.05) is 6.20 Å². The van der Waals surface area contributed by atoms with Crippen LogP contribution in [-0.4, -0.2) is 12.1 Å². The molecule has 1 aromatic carbocycles. The van der Waals surface area contributed by atoms with Crippen LogP contribution >= 0.6 is 11.6 Å². The highest BCUT2D eigenvalue weighted by Crippen LogP contribution is 2.40. The Morgan fingerprint density at radius 2 is 1.95 bits per heavy atom. The molecule has 8 heteroatoms. The van der Waals surface area contributed by atoms with E-state index in [4.69, 9.17) is 11.6 Å². The van der Waals surface area contributed by atoms with Crippen LogP contribution in [0.15, 0.2) is 24.0 Å². The summed E-state index contributed by atoms with van der Waals surface area (Å²) in [5.74, 6) is -0.825. The normalized spacial score (nSPS) is 13.8. The highest BCUT2D eigenvalue weighted by molar-refractivity contribution is 6.34. The minimum Gasteiger partial charge on any atom is -0.358 e. The van der Waals surface area contributed by atoms with E-state index in [9.17, 15) is 22.8 Å². The molecule has 0 bridgehead atoms. The molecular weight excluding hydrogens is 285 g/mol. The topological polar surface area (TPSA) is 58.2 Å². The standard InChI is InChI=1S/C11H6ClF3N2O2/c12-6-2-8-7(1-5(6)11(13,14)15)16-3-9(17-8)10(19)4-18/h1-4,16-17H. The second-order valence-corrected chi connectivity index (χ2v) is 4.09. The van der Waals surface area contributed by atoms with Crippen molar-refractivity contribution >= 4 is 35.0 Å². The van der Waals surface area contributed by atoms with Crippen molar-refractivity contribution in [1.82, 2.24) is 0 Å². The molecule has 0 spiro atoms. The summed E-state index contributed by atoms with van der Waals surface area (Å²) in [6.07, 6.45) is -3.36. The zero-order valence-electron chi connectivity index (χ0n) is 9.14. The van der Waals surface area contributed by atoms with Crippen LogP contribution in [0.1, 0.15) is 5.56 Å². The molecule has 1 aromatic rings. The third kappa shape index (κ3) is 2.55. The van der Waals surface area contributed by atoms with E-state index in [1.165, 1.54) is 0 Å². The van der Waals surface area contributed by atoms with Crippen LogP contribution in [0.2, 0.25) is 5.02 Å². The maximum absolute atomic E-state index is 12.6. The van der Waals surface area contributed by atoms with Gasteiger partial charge >= 0.3 is 6.18 Å². The molecular formula is C11H6ClF3N2O2.